The van der Waals surface area contributed by atoms with Crippen LogP contribution in [0.1, 0.15) is 12.5 Å². The van der Waals surface area contributed by atoms with Crippen LogP contribution in [0, 0.1) is 0 Å². The lowest BCUT2D eigenvalue weighted by atomic mass is 10.2. The van der Waals surface area contributed by atoms with Crippen molar-refractivity contribution >= 4 is 21.4 Å². The monoisotopic (exact) mass is 386 g/mol. The molecule has 0 aliphatic heterocycles. The summed E-state index contributed by atoms with van der Waals surface area (Å²) in [7, 11) is -5.53. The quantitative estimate of drug-likeness (QED) is 0.800. The molecule has 0 bridgehead atoms. The summed E-state index contributed by atoms with van der Waals surface area (Å²) in [6.07, 6.45) is 0. The molecule has 0 saturated heterocycles. The van der Waals surface area contributed by atoms with E-state index < -0.39 is 32.2 Å². The highest BCUT2D eigenvalue weighted by Gasteiger charge is 2.48. The molecule has 0 spiro atoms. The molecule has 1 amide bonds. The number of benzene rings is 2. The van der Waals surface area contributed by atoms with Gasteiger partial charge in [-0.3, -0.25) is 4.79 Å². The normalized spacial score (nSPS) is 13.1. The first-order valence-electron chi connectivity index (χ1n) is 7.61. The van der Waals surface area contributed by atoms with Crippen molar-refractivity contribution in [1.82, 2.24) is 5.32 Å². The summed E-state index contributed by atoms with van der Waals surface area (Å²) in [5.74, 6) is -0.479. The zero-order valence-corrected chi connectivity index (χ0v) is 14.6. The summed E-state index contributed by atoms with van der Waals surface area (Å²) in [5, 5.41) is 5.17. The van der Waals surface area contributed by atoms with Crippen molar-refractivity contribution in [3.05, 3.63) is 60.2 Å². The maximum absolute atomic E-state index is 12.8. The minimum Gasteiger partial charge on any atom is -0.373 e. The number of amides is 1. The van der Waals surface area contributed by atoms with Crippen molar-refractivity contribution in [2.24, 2.45) is 0 Å². The maximum atomic E-state index is 12.8. The molecule has 0 radical (unpaired) electrons. The minimum absolute atomic E-state index is 0.244. The SMILES string of the molecule is CC(Nc1ccccc1S(=O)(=O)C(F)(F)F)C(=O)NCc1ccccc1. The number of rotatable bonds is 6. The molecule has 2 aromatic rings. The van der Waals surface area contributed by atoms with E-state index >= 15 is 0 Å². The number of hydrogen-bond donors (Lipinski definition) is 2. The fourth-order valence-electron chi connectivity index (χ4n) is 2.18. The van der Waals surface area contributed by atoms with Gasteiger partial charge in [-0.2, -0.15) is 13.2 Å². The molecule has 0 aliphatic rings. The summed E-state index contributed by atoms with van der Waals surface area (Å²) >= 11 is 0. The highest BCUT2D eigenvalue weighted by atomic mass is 32.2. The zero-order chi connectivity index (χ0) is 19.4. The Morgan fingerprint density at radius 3 is 2.23 bits per heavy atom. The van der Waals surface area contributed by atoms with E-state index in [-0.39, 0.29) is 12.2 Å². The molecule has 1 unspecified atom stereocenters. The fourth-order valence-corrected chi connectivity index (χ4v) is 3.11. The lowest BCUT2D eigenvalue weighted by molar-refractivity contribution is -0.121. The van der Waals surface area contributed by atoms with Crippen LogP contribution in [0.25, 0.3) is 0 Å². The number of carbonyl (C=O) groups excluding carboxylic acids is 1. The van der Waals surface area contributed by atoms with E-state index in [2.05, 4.69) is 10.6 Å². The van der Waals surface area contributed by atoms with E-state index in [1.54, 1.807) is 12.1 Å². The molecule has 140 valence electrons. The van der Waals surface area contributed by atoms with Crippen LogP contribution in [0.15, 0.2) is 59.5 Å². The second-order valence-electron chi connectivity index (χ2n) is 5.51. The lowest BCUT2D eigenvalue weighted by Crippen LogP contribution is -2.37. The smallest absolute Gasteiger partial charge is 0.373 e. The van der Waals surface area contributed by atoms with Crippen LogP contribution >= 0.6 is 0 Å². The molecule has 5 nitrogen and oxygen atoms in total. The predicted octanol–water partition coefficient (Wildman–Crippen LogP) is 3.10. The summed E-state index contributed by atoms with van der Waals surface area (Å²) in [6, 6.07) is 12.7. The minimum atomic E-state index is -5.53. The Morgan fingerprint density at radius 2 is 1.62 bits per heavy atom. The number of halogens is 3. The van der Waals surface area contributed by atoms with Crippen LogP contribution in [0.3, 0.4) is 0 Å². The van der Waals surface area contributed by atoms with Gasteiger partial charge in [0.05, 0.1) is 10.6 Å². The largest absolute Gasteiger partial charge is 0.501 e. The van der Waals surface area contributed by atoms with Gasteiger partial charge in [-0.15, -0.1) is 0 Å². The standard InChI is InChI=1S/C17H17F3N2O3S/c1-12(16(23)21-11-13-7-3-2-4-8-13)22-14-9-5-6-10-15(14)26(24,25)17(18,19)20/h2-10,12,22H,11H2,1H3,(H,21,23). The summed E-state index contributed by atoms with van der Waals surface area (Å²) < 4.78 is 61.8. The van der Waals surface area contributed by atoms with Crippen LogP contribution in [0.5, 0.6) is 0 Å². The number of alkyl halides is 3. The van der Waals surface area contributed by atoms with Gasteiger partial charge in [0, 0.05) is 6.54 Å². The van der Waals surface area contributed by atoms with E-state index in [1.165, 1.54) is 25.1 Å². The average Bonchev–Trinajstić information content (AvgIpc) is 2.60. The maximum Gasteiger partial charge on any atom is 0.501 e. The number of nitrogens with one attached hydrogen (secondary N) is 2. The average molecular weight is 386 g/mol. The molecular weight excluding hydrogens is 369 g/mol. The second-order valence-corrected chi connectivity index (χ2v) is 7.42. The molecule has 0 aliphatic carbocycles. The van der Waals surface area contributed by atoms with Gasteiger partial charge >= 0.3 is 5.51 Å². The Bertz CT molecular complexity index is 868. The molecule has 0 heterocycles. The number of para-hydroxylation sites is 1. The Labute approximate surface area is 149 Å². The van der Waals surface area contributed by atoms with E-state index in [0.29, 0.717) is 0 Å². The molecule has 0 fully saturated rings. The molecule has 0 saturated carbocycles. The Kier molecular flexibility index (Phi) is 5.91. The molecule has 2 aromatic carbocycles. The number of sulfone groups is 1. The Balaban J connectivity index is 2.12. The summed E-state index contributed by atoms with van der Waals surface area (Å²) in [6.45, 7) is 1.67. The first kappa shape index (κ1) is 19.8. The molecule has 1 atom stereocenters. The third-order valence-electron chi connectivity index (χ3n) is 3.56. The van der Waals surface area contributed by atoms with Gasteiger partial charge < -0.3 is 10.6 Å². The third kappa shape index (κ3) is 4.54. The zero-order valence-electron chi connectivity index (χ0n) is 13.7. The van der Waals surface area contributed by atoms with Crippen molar-refractivity contribution in [1.29, 1.82) is 0 Å². The predicted molar refractivity (Wildman–Crippen MR) is 91.1 cm³/mol. The van der Waals surface area contributed by atoms with Crippen molar-refractivity contribution in [2.45, 2.75) is 29.9 Å². The van der Waals surface area contributed by atoms with Crippen LogP contribution < -0.4 is 10.6 Å². The second kappa shape index (κ2) is 7.77. The van der Waals surface area contributed by atoms with E-state index in [0.717, 1.165) is 11.6 Å². The topological polar surface area (TPSA) is 75.3 Å². The molecule has 26 heavy (non-hydrogen) atoms. The van der Waals surface area contributed by atoms with Gasteiger partial charge in [-0.25, -0.2) is 8.42 Å². The van der Waals surface area contributed by atoms with Gasteiger partial charge in [0.25, 0.3) is 9.84 Å². The molecule has 2 rings (SSSR count). The third-order valence-corrected chi connectivity index (χ3v) is 5.10. The molecule has 9 heteroatoms. The van der Waals surface area contributed by atoms with E-state index in [4.69, 9.17) is 0 Å². The number of carbonyl (C=O) groups is 1. The molecular formula is C17H17F3N2O3S. The van der Waals surface area contributed by atoms with Gasteiger partial charge in [0.2, 0.25) is 5.91 Å². The van der Waals surface area contributed by atoms with E-state index in [9.17, 15) is 26.4 Å². The molecule has 0 aromatic heterocycles. The van der Waals surface area contributed by atoms with Gasteiger partial charge in [0.15, 0.2) is 0 Å². The number of anilines is 1. The van der Waals surface area contributed by atoms with Crippen molar-refractivity contribution in [3.8, 4) is 0 Å². The lowest BCUT2D eigenvalue weighted by Gasteiger charge is -2.18. The summed E-state index contributed by atoms with van der Waals surface area (Å²) in [5.41, 5.74) is -4.86. The van der Waals surface area contributed by atoms with Crippen LogP contribution in [-0.4, -0.2) is 25.9 Å². The van der Waals surface area contributed by atoms with Gasteiger partial charge in [-0.05, 0) is 24.6 Å². The highest BCUT2D eigenvalue weighted by molar-refractivity contribution is 7.92. The van der Waals surface area contributed by atoms with Gasteiger partial charge in [0.1, 0.15) is 6.04 Å². The fraction of sp³-hybridized carbons (Fsp3) is 0.235. The van der Waals surface area contributed by atoms with E-state index in [1.807, 2.05) is 18.2 Å². The first-order valence-corrected chi connectivity index (χ1v) is 9.10. The van der Waals surface area contributed by atoms with Crippen molar-refractivity contribution < 1.29 is 26.4 Å². The Hall–Kier alpha value is -2.55. The van der Waals surface area contributed by atoms with Crippen LogP contribution in [-0.2, 0) is 21.2 Å². The number of hydrogen-bond acceptors (Lipinski definition) is 4. The van der Waals surface area contributed by atoms with Crippen molar-refractivity contribution in [3.63, 3.8) is 0 Å². The Morgan fingerprint density at radius 1 is 1.04 bits per heavy atom. The van der Waals surface area contributed by atoms with Crippen LogP contribution in [0.4, 0.5) is 18.9 Å². The highest BCUT2D eigenvalue weighted by Crippen LogP contribution is 2.34. The van der Waals surface area contributed by atoms with Gasteiger partial charge in [-0.1, -0.05) is 42.5 Å². The van der Waals surface area contributed by atoms with Crippen molar-refractivity contribution in [2.75, 3.05) is 5.32 Å². The summed E-state index contributed by atoms with van der Waals surface area (Å²) in [4.78, 5) is 11.2. The first-order chi connectivity index (χ1) is 12.1. The molecule has 2 N–H and O–H groups in total. The van der Waals surface area contributed by atoms with Crippen LogP contribution in [0.2, 0.25) is 0 Å².